The summed E-state index contributed by atoms with van der Waals surface area (Å²) < 4.78 is 5.81. The van der Waals surface area contributed by atoms with Crippen LogP contribution in [0.1, 0.15) is 17.0 Å². The highest BCUT2D eigenvalue weighted by atomic mass is 16.5. The molecule has 0 aliphatic rings. The molecule has 0 bridgehead atoms. The maximum Gasteiger partial charge on any atom is 0.130 e. The minimum absolute atomic E-state index is 0.489. The van der Waals surface area contributed by atoms with Gasteiger partial charge in [-0.25, -0.2) is 0 Å². The largest absolute Gasteiger partial charge is 0.487 e. The standard InChI is InChI=1S/C15H18N2O/c1-12-5-4-7-14(17-12)11-18-15-8-3-2-6-13(15)9-10-16/h2-8H,9-11,16H2,1H3. The molecule has 0 atom stereocenters. The van der Waals surface area contributed by atoms with Gasteiger partial charge in [-0.05, 0) is 43.7 Å². The van der Waals surface area contributed by atoms with Crippen LogP contribution in [-0.4, -0.2) is 11.5 Å². The fourth-order valence-electron chi connectivity index (χ4n) is 1.84. The Balaban J connectivity index is 2.06. The van der Waals surface area contributed by atoms with Crippen LogP contribution in [-0.2, 0) is 13.0 Å². The number of benzene rings is 1. The number of para-hydroxylation sites is 1. The zero-order valence-corrected chi connectivity index (χ0v) is 10.6. The van der Waals surface area contributed by atoms with Crippen molar-refractivity contribution in [1.82, 2.24) is 4.98 Å². The van der Waals surface area contributed by atoms with Crippen LogP contribution < -0.4 is 10.5 Å². The van der Waals surface area contributed by atoms with Crippen LogP contribution >= 0.6 is 0 Å². The van der Waals surface area contributed by atoms with Gasteiger partial charge < -0.3 is 10.5 Å². The van der Waals surface area contributed by atoms with E-state index < -0.39 is 0 Å². The molecule has 18 heavy (non-hydrogen) atoms. The van der Waals surface area contributed by atoms with E-state index in [9.17, 15) is 0 Å². The summed E-state index contributed by atoms with van der Waals surface area (Å²) in [5, 5.41) is 0. The van der Waals surface area contributed by atoms with E-state index in [2.05, 4.69) is 4.98 Å². The number of nitrogens with zero attached hydrogens (tertiary/aromatic N) is 1. The summed E-state index contributed by atoms with van der Waals surface area (Å²) in [6.45, 7) is 3.10. The molecule has 0 amide bonds. The number of hydrogen-bond donors (Lipinski definition) is 1. The number of ether oxygens (including phenoxy) is 1. The first-order valence-electron chi connectivity index (χ1n) is 6.13. The fraction of sp³-hybridized carbons (Fsp3) is 0.267. The SMILES string of the molecule is Cc1cccc(COc2ccccc2CCN)n1. The molecule has 2 rings (SSSR count). The number of aromatic nitrogens is 1. The quantitative estimate of drug-likeness (QED) is 0.876. The highest BCUT2D eigenvalue weighted by Gasteiger charge is 2.03. The van der Waals surface area contributed by atoms with Gasteiger partial charge in [-0.3, -0.25) is 4.98 Å². The third kappa shape index (κ3) is 3.31. The van der Waals surface area contributed by atoms with E-state index in [1.54, 1.807) is 0 Å². The van der Waals surface area contributed by atoms with E-state index in [4.69, 9.17) is 10.5 Å². The average molecular weight is 242 g/mol. The monoisotopic (exact) mass is 242 g/mol. The van der Waals surface area contributed by atoms with Crippen molar-refractivity contribution in [2.45, 2.75) is 20.0 Å². The second kappa shape index (κ2) is 6.17. The Morgan fingerprint density at radius 2 is 1.94 bits per heavy atom. The first-order valence-corrected chi connectivity index (χ1v) is 6.13. The lowest BCUT2D eigenvalue weighted by atomic mass is 10.1. The third-order valence-corrected chi connectivity index (χ3v) is 2.71. The van der Waals surface area contributed by atoms with E-state index in [1.807, 2.05) is 49.4 Å². The summed E-state index contributed by atoms with van der Waals surface area (Å²) in [4.78, 5) is 4.41. The Kier molecular flexibility index (Phi) is 4.31. The van der Waals surface area contributed by atoms with Gasteiger partial charge in [0.15, 0.2) is 0 Å². The average Bonchev–Trinajstić information content (AvgIpc) is 2.38. The molecule has 0 spiro atoms. The van der Waals surface area contributed by atoms with E-state index >= 15 is 0 Å². The number of aryl methyl sites for hydroxylation is 1. The highest BCUT2D eigenvalue weighted by molar-refractivity contribution is 5.33. The Hall–Kier alpha value is -1.87. The second-order valence-corrected chi connectivity index (χ2v) is 4.21. The summed E-state index contributed by atoms with van der Waals surface area (Å²) in [6.07, 6.45) is 0.831. The molecule has 0 aliphatic carbocycles. The molecule has 1 aromatic heterocycles. The van der Waals surface area contributed by atoms with Crippen molar-refractivity contribution in [3.05, 3.63) is 59.4 Å². The molecule has 2 aromatic rings. The van der Waals surface area contributed by atoms with Crippen LogP contribution in [0, 0.1) is 6.92 Å². The minimum Gasteiger partial charge on any atom is -0.487 e. The molecule has 0 saturated heterocycles. The molecule has 0 fully saturated rings. The van der Waals surface area contributed by atoms with E-state index in [-0.39, 0.29) is 0 Å². The van der Waals surface area contributed by atoms with Crippen molar-refractivity contribution >= 4 is 0 Å². The summed E-state index contributed by atoms with van der Waals surface area (Å²) >= 11 is 0. The van der Waals surface area contributed by atoms with Gasteiger partial charge in [0, 0.05) is 5.69 Å². The van der Waals surface area contributed by atoms with Gasteiger partial charge in [0.2, 0.25) is 0 Å². The topological polar surface area (TPSA) is 48.1 Å². The molecule has 0 aliphatic heterocycles. The lowest BCUT2D eigenvalue weighted by molar-refractivity contribution is 0.298. The maximum absolute atomic E-state index is 5.81. The number of hydrogen-bond acceptors (Lipinski definition) is 3. The van der Waals surface area contributed by atoms with E-state index in [1.165, 1.54) is 0 Å². The second-order valence-electron chi connectivity index (χ2n) is 4.21. The van der Waals surface area contributed by atoms with Crippen LogP contribution in [0.3, 0.4) is 0 Å². The Labute approximate surface area is 108 Å². The predicted octanol–water partition coefficient (Wildman–Crippen LogP) is 2.47. The molecule has 2 N–H and O–H groups in total. The van der Waals surface area contributed by atoms with Gasteiger partial charge in [0.1, 0.15) is 12.4 Å². The van der Waals surface area contributed by atoms with Crippen LogP contribution in [0.4, 0.5) is 0 Å². The molecule has 0 saturated carbocycles. The lowest BCUT2D eigenvalue weighted by Crippen LogP contribution is -2.06. The summed E-state index contributed by atoms with van der Waals surface area (Å²) in [5.74, 6) is 0.895. The van der Waals surface area contributed by atoms with Crippen LogP contribution in [0.2, 0.25) is 0 Å². The van der Waals surface area contributed by atoms with Crippen LogP contribution in [0.25, 0.3) is 0 Å². The third-order valence-electron chi connectivity index (χ3n) is 2.71. The molecule has 1 aromatic carbocycles. The zero-order valence-electron chi connectivity index (χ0n) is 10.6. The molecular weight excluding hydrogens is 224 g/mol. The number of nitrogens with two attached hydrogens (primary N) is 1. The Morgan fingerprint density at radius 1 is 1.11 bits per heavy atom. The van der Waals surface area contributed by atoms with Gasteiger partial charge in [-0.1, -0.05) is 24.3 Å². The summed E-state index contributed by atoms with van der Waals surface area (Å²) in [6, 6.07) is 13.9. The first kappa shape index (κ1) is 12.6. The highest BCUT2D eigenvalue weighted by Crippen LogP contribution is 2.19. The smallest absolute Gasteiger partial charge is 0.130 e. The first-order chi connectivity index (χ1) is 8.79. The molecule has 0 unspecified atom stereocenters. The van der Waals surface area contributed by atoms with E-state index in [0.29, 0.717) is 13.2 Å². The maximum atomic E-state index is 5.81. The zero-order chi connectivity index (χ0) is 12.8. The number of rotatable bonds is 5. The normalized spacial score (nSPS) is 10.3. The molecule has 1 heterocycles. The fourth-order valence-corrected chi connectivity index (χ4v) is 1.84. The molecule has 94 valence electrons. The van der Waals surface area contributed by atoms with Crippen molar-refractivity contribution in [3.63, 3.8) is 0 Å². The van der Waals surface area contributed by atoms with Crippen molar-refractivity contribution in [2.75, 3.05) is 6.54 Å². The molecule has 0 radical (unpaired) electrons. The Bertz CT molecular complexity index is 511. The van der Waals surface area contributed by atoms with Gasteiger partial charge >= 0.3 is 0 Å². The van der Waals surface area contributed by atoms with E-state index in [0.717, 1.165) is 29.1 Å². The van der Waals surface area contributed by atoms with Crippen LogP contribution in [0.5, 0.6) is 5.75 Å². The summed E-state index contributed by atoms with van der Waals surface area (Å²) in [7, 11) is 0. The lowest BCUT2D eigenvalue weighted by Gasteiger charge is -2.10. The van der Waals surface area contributed by atoms with Crippen molar-refractivity contribution in [3.8, 4) is 5.75 Å². The van der Waals surface area contributed by atoms with Gasteiger partial charge in [0.05, 0.1) is 5.69 Å². The number of pyridine rings is 1. The van der Waals surface area contributed by atoms with Crippen molar-refractivity contribution in [1.29, 1.82) is 0 Å². The summed E-state index contributed by atoms with van der Waals surface area (Å²) in [5.41, 5.74) is 8.68. The predicted molar refractivity (Wildman–Crippen MR) is 72.5 cm³/mol. The molecule has 3 heteroatoms. The molecule has 3 nitrogen and oxygen atoms in total. The minimum atomic E-state index is 0.489. The Morgan fingerprint density at radius 3 is 2.72 bits per heavy atom. The van der Waals surface area contributed by atoms with Gasteiger partial charge in [-0.2, -0.15) is 0 Å². The van der Waals surface area contributed by atoms with Gasteiger partial charge in [0.25, 0.3) is 0 Å². The molecular formula is C15H18N2O. The van der Waals surface area contributed by atoms with Gasteiger partial charge in [-0.15, -0.1) is 0 Å². The van der Waals surface area contributed by atoms with Crippen molar-refractivity contribution < 1.29 is 4.74 Å². The van der Waals surface area contributed by atoms with Crippen LogP contribution in [0.15, 0.2) is 42.5 Å². The van der Waals surface area contributed by atoms with Crippen molar-refractivity contribution in [2.24, 2.45) is 5.73 Å².